The van der Waals surface area contributed by atoms with Gasteiger partial charge in [-0.1, -0.05) is 30.0 Å². The molecule has 1 aromatic heterocycles. The van der Waals surface area contributed by atoms with Crippen LogP contribution in [-0.4, -0.2) is 28.8 Å². The molecule has 0 aliphatic rings. The first kappa shape index (κ1) is 16.0. The lowest BCUT2D eigenvalue weighted by atomic mass is 10.2. The summed E-state index contributed by atoms with van der Waals surface area (Å²) in [6.07, 6.45) is 6.61. The first-order valence-electron chi connectivity index (χ1n) is 6.81. The summed E-state index contributed by atoms with van der Waals surface area (Å²) in [4.78, 5) is 20.1. The standard InChI is InChI=1S/C16H17N3O2S/c1-3-21-14(20)10-9-12-11-17-16(22-2)19-15(12)18-13-7-5-4-6-8-13/h4-11H,3H2,1-2H3,(H,17,18,19). The number of rotatable bonds is 6. The van der Waals surface area contributed by atoms with Crippen LogP contribution in [0.4, 0.5) is 11.5 Å². The minimum absolute atomic E-state index is 0.347. The van der Waals surface area contributed by atoms with E-state index in [0.717, 1.165) is 11.3 Å². The maximum absolute atomic E-state index is 11.4. The van der Waals surface area contributed by atoms with Gasteiger partial charge in [0.15, 0.2) is 5.16 Å². The van der Waals surface area contributed by atoms with Gasteiger partial charge in [-0.05, 0) is 31.4 Å². The van der Waals surface area contributed by atoms with Crippen molar-refractivity contribution < 1.29 is 9.53 Å². The average molecular weight is 315 g/mol. The molecule has 0 radical (unpaired) electrons. The lowest BCUT2D eigenvalue weighted by Crippen LogP contribution is -2.01. The fraction of sp³-hybridized carbons (Fsp3) is 0.188. The maximum Gasteiger partial charge on any atom is 0.330 e. The van der Waals surface area contributed by atoms with E-state index in [0.29, 0.717) is 17.6 Å². The highest BCUT2D eigenvalue weighted by Gasteiger charge is 2.06. The van der Waals surface area contributed by atoms with E-state index < -0.39 is 0 Å². The summed E-state index contributed by atoms with van der Waals surface area (Å²) in [6.45, 7) is 2.12. The number of ether oxygens (including phenoxy) is 1. The van der Waals surface area contributed by atoms with Crippen LogP contribution in [-0.2, 0) is 9.53 Å². The summed E-state index contributed by atoms with van der Waals surface area (Å²) >= 11 is 1.46. The van der Waals surface area contributed by atoms with Crippen molar-refractivity contribution in [2.45, 2.75) is 12.1 Å². The minimum atomic E-state index is -0.387. The number of nitrogens with one attached hydrogen (secondary N) is 1. The van der Waals surface area contributed by atoms with Crippen molar-refractivity contribution in [2.24, 2.45) is 0 Å². The van der Waals surface area contributed by atoms with Crippen LogP contribution < -0.4 is 5.32 Å². The number of nitrogens with zero attached hydrogens (tertiary/aromatic N) is 2. The highest BCUT2D eigenvalue weighted by atomic mass is 32.2. The zero-order chi connectivity index (χ0) is 15.8. The molecule has 5 nitrogen and oxygen atoms in total. The second kappa shape index (κ2) is 8.19. The molecule has 0 saturated heterocycles. The Hall–Kier alpha value is -2.34. The van der Waals surface area contributed by atoms with Crippen molar-refractivity contribution in [3.05, 3.63) is 48.2 Å². The van der Waals surface area contributed by atoms with Crippen molar-refractivity contribution in [3.8, 4) is 0 Å². The highest BCUT2D eigenvalue weighted by molar-refractivity contribution is 7.98. The number of carbonyl (C=O) groups is 1. The third-order valence-corrected chi connectivity index (χ3v) is 3.26. The Labute approximate surface area is 133 Å². The number of para-hydroxylation sites is 1. The van der Waals surface area contributed by atoms with E-state index in [1.165, 1.54) is 17.8 Å². The van der Waals surface area contributed by atoms with E-state index in [1.807, 2.05) is 36.6 Å². The molecule has 0 aliphatic carbocycles. The molecule has 1 heterocycles. The summed E-state index contributed by atoms with van der Waals surface area (Å²) < 4.78 is 4.88. The van der Waals surface area contributed by atoms with Crippen LogP contribution in [0.15, 0.2) is 47.8 Å². The van der Waals surface area contributed by atoms with Crippen LogP contribution >= 0.6 is 11.8 Å². The van der Waals surface area contributed by atoms with Crippen LogP contribution in [0, 0.1) is 0 Å². The molecule has 0 atom stereocenters. The second-order valence-electron chi connectivity index (χ2n) is 4.24. The molecule has 0 amide bonds. The average Bonchev–Trinajstić information content (AvgIpc) is 2.55. The van der Waals surface area contributed by atoms with Crippen LogP contribution in [0.3, 0.4) is 0 Å². The Morgan fingerprint density at radius 2 is 2.14 bits per heavy atom. The van der Waals surface area contributed by atoms with Gasteiger partial charge in [-0.25, -0.2) is 14.8 Å². The van der Waals surface area contributed by atoms with E-state index in [4.69, 9.17) is 4.74 Å². The molecule has 22 heavy (non-hydrogen) atoms. The van der Waals surface area contributed by atoms with Gasteiger partial charge in [0.2, 0.25) is 0 Å². The number of anilines is 2. The second-order valence-corrected chi connectivity index (χ2v) is 5.01. The molecule has 2 aromatic rings. The first-order chi connectivity index (χ1) is 10.7. The van der Waals surface area contributed by atoms with Crippen molar-refractivity contribution in [1.29, 1.82) is 0 Å². The molecule has 0 aliphatic heterocycles. The molecule has 6 heteroatoms. The summed E-state index contributed by atoms with van der Waals surface area (Å²) in [6, 6.07) is 9.71. The largest absolute Gasteiger partial charge is 0.463 e. The molecular weight excluding hydrogens is 298 g/mol. The highest BCUT2D eigenvalue weighted by Crippen LogP contribution is 2.22. The Morgan fingerprint density at radius 3 is 2.82 bits per heavy atom. The van der Waals surface area contributed by atoms with Crippen LogP contribution in [0.5, 0.6) is 0 Å². The van der Waals surface area contributed by atoms with Crippen molar-refractivity contribution >= 4 is 35.3 Å². The number of benzene rings is 1. The Bertz CT molecular complexity index is 660. The van der Waals surface area contributed by atoms with Gasteiger partial charge in [0.05, 0.1) is 6.61 Å². The molecule has 0 bridgehead atoms. The Balaban J connectivity index is 2.27. The predicted molar refractivity (Wildman–Crippen MR) is 89.2 cm³/mol. The SMILES string of the molecule is CCOC(=O)C=Cc1cnc(SC)nc1Nc1ccccc1. The van der Waals surface area contributed by atoms with Crippen molar-refractivity contribution in [2.75, 3.05) is 18.2 Å². The van der Waals surface area contributed by atoms with E-state index in [2.05, 4.69) is 15.3 Å². The lowest BCUT2D eigenvalue weighted by molar-refractivity contribution is -0.137. The zero-order valence-corrected chi connectivity index (χ0v) is 13.3. The lowest BCUT2D eigenvalue weighted by Gasteiger charge is -2.09. The molecule has 0 spiro atoms. The monoisotopic (exact) mass is 315 g/mol. The number of carbonyl (C=O) groups excluding carboxylic acids is 1. The van der Waals surface area contributed by atoms with E-state index in [-0.39, 0.29) is 5.97 Å². The number of hydrogen-bond donors (Lipinski definition) is 1. The zero-order valence-electron chi connectivity index (χ0n) is 12.4. The fourth-order valence-electron chi connectivity index (χ4n) is 1.70. The third-order valence-electron chi connectivity index (χ3n) is 2.70. The summed E-state index contributed by atoms with van der Waals surface area (Å²) in [5, 5.41) is 3.89. The normalized spacial score (nSPS) is 10.6. The fourth-order valence-corrected chi connectivity index (χ4v) is 2.04. The van der Waals surface area contributed by atoms with Crippen molar-refractivity contribution in [3.63, 3.8) is 0 Å². The third kappa shape index (κ3) is 4.60. The van der Waals surface area contributed by atoms with Gasteiger partial charge in [-0.15, -0.1) is 0 Å². The van der Waals surface area contributed by atoms with Gasteiger partial charge >= 0.3 is 5.97 Å². The van der Waals surface area contributed by atoms with Gasteiger partial charge < -0.3 is 10.1 Å². The number of aromatic nitrogens is 2. The number of hydrogen-bond acceptors (Lipinski definition) is 6. The predicted octanol–water partition coefficient (Wildman–Crippen LogP) is 3.52. The summed E-state index contributed by atoms with van der Waals surface area (Å²) in [5.74, 6) is 0.258. The van der Waals surface area contributed by atoms with Gasteiger partial charge in [-0.3, -0.25) is 0 Å². The Kier molecular flexibility index (Phi) is 5.97. The number of thioether (sulfide) groups is 1. The quantitative estimate of drug-likeness (QED) is 0.381. The van der Waals surface area contributed by atoms with E-state index in [9.17, 15) is 4.79 Å². The summed E-state index contributed by atoms with van der Waals surface area (Å²) in [5.41, 5.74) is 1.63. The van der Waals surface area contributed by atoms with Crippen LogP contribution in [0.1, 0.15) is 12.5 Å². The Morgan fingerprint density at radius 1 is 1.36 bits per heavy atom. The van der Waals surface area contributed by atoms with Gasteiger partial charge in [0.25, 0.3) is 0 Å². The maximum atomic E-state index is 11.4. The smallest absolute Gasteiger partial charge is 0.330 e. The van der Waals surface area contributed by atoms with E-state index >= 15 is 0 Å². The summed E-state index contributed by atoms with van der Waals surface area (Å²) in [7, 11) is 0. The molecule has 0 unspecified atom stereocenters. The molecule has 0 fully saturated rings. The molecule has 114 valence electrons. The molecular formula is C16H17N3O2S. The van der Waals surface area contributed by atoms with Gasteiger partial charge in [0.1, 0.15) is 5.82 Å². The van der Waals surface area contributed by atoms with Crippen molar-refractivity contribution in [1.82, 2.24) is 9.97 Å². The minimum Gasteiger partial charge on any atom is -0.463 e. The van der Waals surface area contributed by atoms with Gasteiger partial charge in [0, 0.05) is 23.5 Å². The first-order valence-corrected chi connectivity index (χ1v) is 8.03. The molecule has 2 rings (SSSR count). The number of esters is 1. The molecule has 1 N–H and O–H groups in total. The topological polar surface area (TPSA) is 64.1 Å². The molecule has 0 saturated carbocycles. The van der Waals surface area contributed by atoms with Crippen LogP contribution in [0.2, 0.25) is 0 Å². The van der Waals surface area contributed by atoms with E-state index in [1.54, 1.807) is 19.2 Å². The molecule has 1 aromatic carbocycles. The van der Waals surface area contributed by atoms with Gasteiger partial charge in [-0.2, -0.15) is 0 Å². The van der Waals surface area contributed by atoms with Crippen LogP contribution in [0.25, 0.3) is 6.08 Å².